The summed E-state index contributed by atoms with van der Waals surface area (Å²) in [7, 11) is -3.62. The predicted octanol–water partition coefficient (Wildman–Crippen LogP) is 7.85. The molecule has 1 aliphatic rings. The van der Waals surface area contributed by atoms with Crippen LogP contribution in [0.4, 0.5) is 0 Å². The zero-order valence-corrected chi connectivity index (χ0v) is 23.6. The normalized spacial score (nSPS) is 22.7. The standard InChI is InChI=1S/C32H46O4S/c1-4-7-9-10-11-12-13-17-23-36-27-20-21-28-29(24-27)37(34,35)25-32(6-3,22-8-5-2)31(33)30(28)26-18-15-14-16-19-26/h4,14-16,18-21,24,30-31,33H,1,5-13,17,22-23,25H2,2-3H3/t30-,31-,32-/m1/s1. The van der Waals surface area contributed by atoms with Crippen molar-refractivity contribution in [1.82, 2.24) is 0 Å². The Kier molecular flexibility index (Phi) is 11.3. The minimum absolute atomic E-state index is 0.0384. The molecule has 0 saturated heterocycles. The Bertz CT molecular complexity index is 1080. The number of aliphatic hydroxyl groups excluding tert-OH is 1. The number of aliphatic hydroxyl groups is 1. The van der Waals surface area contributed by atoms with Gasteiger partial charge in [0.15, 0.2) is 9.84 Å². The van der Waals surface area contributed by atoms with Crippen LogP contribution in [0.2, 0.25) is 0 Å². The van der Waals surface area contributed by atoms with Crippen molar-refractivity contribution in [3.63, 3.8) is 0 Å². The molecule has 1 heterocycles. The maximum Gasteiger partial charge on any atom is 0.179 e. The van der Waals surface area contributed by atoms with Crippen LogP contribution in [0.25, 0.3) is 0 Å². The number of sulfone groups is 1. The van der Waals surface area contributed by atoms with Gasteiger partial charge in [0.2, 0.25) is 0 Å². The largest absolute Gasteiger partial charge is 0.494 e. The summed E-state index contributed by atoms with van der Waals surface area (Å²) in [4.78, 5) is 0.312. The van der Waals surface area contributed by atoms with E-state index < -0.39 is 27.3 Å². The van der Waals surface area contributed by atoms with Gasteiger partial charge in [-0.2, -0.15) is 0 Å². The van der Waals surface area contributed by atoms with Crippen molar-refractivity contribution in [2.75, 3.05) is 12.4 Å². The van der Waals surface area contributed by atoms with E-state index in [2.05, 4.69) is 13.5 Å². The van der Waals surface area contributed by atoms with E-state index in [0.29, 0.717) is 35.7 Å². The molecule has 2 aromatic carbocycles. The maximum absolute atomic E-state index is 13.9. The molecule has 3 atom stereocenters. The van der Waals surface area contributed by atoms with E-state index in [1.54, 1.807) is 6.07 Å². The highest BCUT2D eigenvalue weighted by atomic mass is 32.2. The third-order valence-corrected chi connectivity index (χ3v) is 10.0. The third-order valence-electron chi connectivity index (χ3n) is 8.04. The number of hydrogen-bond acceptors (Lipinski definition) is 4. The average molecular weight is 527 g/mol. The lowest BCUT2D eigenvalue weighted by molar-refractivity contribution is 0.0174. The topological polar surface area (TPSA) is 63.6 Å². The molecule has 0 aliphatic carbocycles. The van der Waals surface area contributed by atoms with Crippen LogP contribution in [-0.4, -0.2) is 32.0 Å². The summed E-state index contributed by atoms with van der Waals surface area (Å²) in [6, 6.07) is 15.3. The third kappa shape index (κ3) is 7.48. The number of hydrogen-bond donors (Lipinski definition) is 1. The Morgan fingerprint density at radius 2 is 1.70 bits per heavy atom. The van der Waals surface area contributed by atoms with Gasteiger partial charge in [0.05, 0.1) is 23.4 Å². The van der Waals surface area contributed by atoms with Gasteiger partial charge in [0, 0.05) is 11.3 Å². The molecule has 1 N–H and O–H groups in total. The van der Waals surface area contributed by atoms with Crippen LogP contribution in [-0.2, 0) is 9.84 Å². The van der Waals surface area contributed by atoms with E-state index >= 15 is 0 Å². The number of unbranched alkanes of at least 4 members (excludes halogenated alkanes) is 7. The fourth-order valence-corrected chi connectivity index (χ4v) is 8.02. The van der Waals surface area contributed by atoms with Crippen molar-refractivity contribution in [3.8, 4) is 5.75 Å². The molecule has 5 heteroatoms. The molecule has 3 rings (SSSR count). The van der Waals surface area contributed by atoms with Crippen LogP contribution in [0.5, 0.6) is 5.75 Å². The quantitative estimate of drug-likeness (QED) is 0.190. The second kappa shape index (κ2) is 14.2. The molecule has 204 valence electrons. The summed E-state index contributed by atoms with van der Waals surface area (Å²) in [5, 5.41) is 11.9. The minimum atomic E-state index is -3.62. The van der Waals surface area contributed by atoms with Crippen molar-refractivity contribution in [3.05, 3.63) is 72.3 Å². The number of allylic oxidation sites excluding steroid dienone is 1. The summed E-state index contributed by atoms with van der Waals surface area (Å²) >= 11 is 0. The number of rotatable bonds is 15. The molecule has 0 saturated carbocycles. The molecule has 0 radical (unpaired) electrons. The second-order valence-corrected chi connectivity index (χ2v) is 12.6. The number of ether oxygens (including phenoxy) is 1. The summed E-state index contributed by atoms with van der Waals surface area (Å²) in [6.07, 6.45) is 12.3. The highest BCUT2D eigenvalue weighted by Gasteiger charge is 2.48. The number of benzene rings is 2. The summed E-state index contributed by atoms with van der Waals surface area (Å²) < 4.78 is 33.7. The van der Waals surface area contributed by atoms with Crippen LogP contribution in [0, 0.1) is 5.41 Å². The van der Waals surface area contributed by atoms with Gasteiger partial charge in [-0.05, 0) is 55.4 Å². The summed E-state index contributed by atoms with van der Waals surface area (Å²) in [5.74, 6) is 0.149. The van der Waals surface area contributed by atoms with Crippen LogP contribution < -0.4 is 4.74 Å². The first-order valence-corrected chi connectivity index (χ1v) is 15.9. The number of fused-ring (bicyclic) bond motifs is 1. The molecule has 0 fully saturated rings. The molecule has 37 heavy (non-hydrogen) atoms. The van der Waals surface area contributed by atoms with Gasteiger partial charge >= 0.3 is 0 Å². The fraction of sp³-hybridized carbons (Fsp3) is 0.562. The average Bonchev–Trinajstić information content (AvgIpc) is 2.97. The molecule has 0 spiro atoms. The van der Waals surface area contributed by atoms with Gasteiger partial charge in [-0.25, -0.2) is 8.42 Å². The Hall–Kier alpha value is -2.11. The Morgan fingerprint density at radius 1 is 1.00 bits per heavy atom. The van der Waals surface area contributed by atoms with E-state index in [-0.39, 0.29) is 5.75 Å². The van der Waals surface area contributed by atoms with Gasteiger partial charge < -0.3 is 9.84 Å². The van der Waals surface area contributed by atoms with Crippen molar-refractivity contribution >= 4 is 9.84 Å². The van der Waals surface area contributed by atoms with Gasteiger partial charge in [0.25, 0.3) is 0 Å². The van der Waals surface area contributed by atoms with Crippen LogP contribution in [0.3, 0.4) is 0 Å². The van der Waals surface area contributed by atoms with E-state index in [1.807, 2.05) is 55.5 Å². The highest BCUT2D eigenvalue weighted by Crippen LogP contribution is 2.49. The SMILES string of the molecule is C=CCCCCCCCCOc1ccc2c(c1)S(=O)(=O)C[C@@](CC)(CCCC)[C@H](O)[C@@H]2c1ccccc1. The molecule has 4 nitrogen and oxygen atoms in total. The lowest BCUT2D eigenvalue weighted by Gasteiger charge is -2.39. The monoisotopic (exact) mass is 526 g/mol. The van der Waals surface area contributed by atoms with E-state index in [1.165, 1.54) is 25.7 Å². The molecule has 0 amide bonds. The molecule has 0 unspecified atom stereocenters. The first-order chi connectivity index (χ1) is 17.9. The lowest BCUT2D eigenvalue weighted by atomic mass is 9.69. The summed E-state index contributed by atoms with van der Waals surface area (Å²) in [6.45, 7) is 8.47. The molecular weight excluding hydrogens is 480 g/mol. The van der Waals surface area contributed by atoms with Crippen LogP contribution >= 0.6 is 0 Å². The van der Waals surface area contributed by atoms with E-state index in [0.717, 1.165) is 37.7 Å². The van der Waals surface area contributed by atoms with Crippen molar-refractivity contribution in [2.45, 2.75) is 101 Å². The molecule has 1 aliphatic heterocycles. The van der Waals surface area contributed by atoms with Crippen LogP contribution in [0.1, 0.15) is 102 Å². The van der Waals surface area contributed by atoms with Crippen LogP contribution in [0.15, 0.2) is 66.1 Å². The molecule has 2 aromatic rings. The van der Waals surface area contributed by atoms with Gasteiger partial charge in [-0.15, -0.1) is 6.58 Å². The maximum atomic E-state index is 13.9. The Morgan fingerprint density at radius 3 is 2.38 bits per heavy atom. The minimum Gasteiger partial charge on any atom is -0.494 e. The summed E-state index contributed by atoms with van der Waals surface area (Å²) in [5.41, 5.74) is 0.933. The Balaban J connectivity index is 1.84. The van der Waals surface area contributed by atoms with Crippen molar-refractivity contribution < 1.29 is 18.3 Å². The van der Waals surface area contributed by atoms with Gasteiger partial charge in [0.1, 0.15) is 5.75 Å². The van der Waals surface area contributed by atoms with Gasteiger partial charge in [-0.1, -0.05) is 94.8 Å². The second-order valence-electron chi connectivity index (χ2n) is 10.7. The van der Waals surface area contributed by atoms with Gasteiger partial charge in [-0.3, -0.25) is 0 Å². The zero-order chi connectivity index (χ0) is 26.7. The first-order valence-electron chi connectivity index (χ1n) is 14.2. The lowest BCUT2D eigenvalue weighted by Crippen LogP contribution is -2.42. The highest BCUT2D eigenvalue weighted by molar-refractivity contribution is 7.91. The molecule has 0 aromatic heterocycles. The Labute approximate surface area is 225 Å². The predicted molar refractivity (Wildman–Crippen MR) is 153 cm³/mol. The van der Waals surface area contributed by atoms with E-state index in [9.17, 15) is 13.5 Å². The van der Waals surface area contributed by atoms with Crippen molar-refractivity contribution in [2.24, 2.45) is 5.41 Å². The van der Waals surface area contributed by atoms with Crippen molar-refractivity contribution in [1.29, 1.82) is 0 Å². The van der Waals surface area contributed by atoms with E-state index in [4.69, 9.17) is 4.74 Å². The first kappa shape index (κ1) is 29.4. The molecular formula is C32H46O4S. The zero-order valence-electron chi connectivity index (χ0n) is 22.8. The smallest absolute Gasteiger partial charge is 0.179 e. The fourth-order valence-electron chi connectivity index (χ4n) is 5.74. The molecule has 0 bridgehead atoms.